The molecule has 0 atom stereocenters. The van der Waals surface area contributed by atoms with E-state index in [0.717, 1.165) is 18.9 Å². The average Bonchev–Trinajstić information content (AvgIpc) is 2.32. The number of nitrogens with one attached hydrogen (secondary N) is 2. The first-order valence-electron chi connectivity index (χ1n) is 7.42. The summed E-state index contributed by atoms with van der Waals surface area (Å²) < 4.78 is 0. The van der Waals surface area contributed by atoms with E-state index in [1.54, 1.807) is 0 Å². The van der Waals surface area contributed by atoms with Crippen LogP contribution >= 0.6 is 0 Å². The second-order valence-electron chi connectivity index (χ2n) is 6.02. The van der Waals surface area contributed by atoms with Crippen LogP contribution in [0.25, 0.3) is 0 Å². The third-order valence-corrected chi connectivity index (χ3v) is 3.31. The summed E-state index contributed by atoms with van der Waals surface area (Å²) >= 11 is 0. The lowest BCUT2D eigenvalue weighted by atomic mass is 10.2. The smallest absolute Gasteiger partial charge is 0.252 e. The zero-order valence-electron chi connectivity index (χ0n) is 13.5. The highest BCUT2D eigenvalue weighted by Gasteiger charge is 2.12. The van der Waals surface area contributed by atoms with Crippen LogP contribution in [0.15, 0.2) is 10.9 Å². The van der Waals surface area contributed by atoms with E-state index < -0.39 is 0 Å². The van der Waals surface area contributed by atoms with Gasteiger partial charge in [0, 0.05) is 37.2 Å². The number of aromatic nitrogens is 2. The summed E-state index contributed by atoms with van der Waals surface area (Å²) in [4.78, 5) is 21.2. The van der Waals surface area contributed by atoms with E-state index in [4.69, 9.17) is 0 Å². The van der Waals surface area contributed by atoms with Crippen molar-refractivity contribution >= 4 is 5.82 Å². The molecule has 0 aliphatic rings. The summed E-state index contributed by atoms with van der Waals surface area (Å²) in [5.74, 6) is 1.60. The topological polar surface area (TPSA) is 61.0 Å². The molecule has 1 heterocycles. The molecule has 1 aromatic heterocycles. The van der Waals surface area contributed by atoms with Crippen molar-refractivity contribution in [2.24, 2.45) is 0 Å². The molecule has 0 amide bonds. The van der Waals surface area contributed by atoms with Gasteiger partial charge in [-0.1, -0.05) is 13.8 Å². The van der Waals surface area contributed by atoms with Crippen molar-refractivity contribution in [3.8, 4) is 0 Å². The van der Waals surface area contributed by atoms with Crippen LogP contribution in [-0.2, 0) is 0 Å². The maximum atomic E-state index is 11.6. The van der Waals surface area contributed by atoms with Crippen molar-refractivity contribution < 1.29 is 0 Å². The van der Waals surface area contributed by atoms with Gasteiger partial charge < -0.3 is 10.3 Å². The lowest BCUT2D eigenvalue weighted by Gasteiger charge is -2.30. The Balaban J connectivity index is 2.64. The first-order valence-corrected chi connectivity index (χ1v) is 7.42. The third kappa shape index (κ3) is 4.96. The van der Waals surface area contributed by atoms with E-state index in [-0.39, 0.29) is 11.5 Å². The molecule has 0 saturated heterocycles. The number of H-pyrrole nitrogens is 1. The molecule has 1 aromatic rings. The van der Waals surface area contributed by atoms with Crippen molar-refractivity contribution in [2.45, 2.75) is 59.5 Å². The van der Waals surface area contributed by atoms with Crippen molar-refractivity contribution in [3.05, 3.63) is 22.2 Å². The number of hydrogen-bond acceptors (Lipinski definition) is 4. The Labute approximate surface area is 121 Å². The van der Waals surface area contributed by atoms with E-state index in [0.29, 0.717) is 17.9 Å². The van der Waals surface area contributed by atoms with E-state index >= 15 is 0 Å². The predicted molar refractivity (Wildman–Crippen MR) is 84.4 cm³/mol. The molecule has 1 rings (SSSR count). The Morgan fingerprint density at radius 1 is 1.20 bits per heavy atom. The molecule has 5 heteroatoms. The largest absolute Gasteiger partial charge is 0.369 e. The first-order chi connectivity index (χ1) is 9.31. The molecule has 0 aromatic carbocycles. The fourth-order valence-corrected chi connectivity index (χ4v) is 2.27. The van der Waals surface area contributed by atoms with Gasteiger partial charge in [0.15, 0.2) is 0 Å². The molecule has 0 spiro atoms. The quantitative estimate of drug-likeness (QED) is 0.805. The van der Waals surface area contributed by atoms with Crippen LogP contribution in [0.5, 0.6) is 0 Å². The minimum Gasteiger partial charge on any atom is -0.369 e. The molecule has 2 N–H and O–H groups in total. The van der Waals surface area contributed by atoms with Crippen LogP contribution in [-0.4, -0.2) is 40.0 Å². The number of anilines is 1. The molecule has 0 unspecified atom stereocenters. The first kappa shape index (κ1) is 16.7. The second-order valence-corrected chi connectivity index (χ2v) is 6.02. The highest BCUT2D eigenvalue weighted by molar-refractivity contribution is 5.33. The van der Waals surface area contributed by atoms with Gasteiger partial charge in [0.2, 0.25) is 0 Å². The van der Waals surface area contributed by atoms with Gasteiger partial charge in [-0.3, -0.25) is 9.69 Å². The number of aromatic amines is 1. The fraction of sp³-hybridized carbons (Fsp3) is 0.733. The average molecular weight is 280 g/mol. The molecular weight excluding hydrogens is 252 g/mol. The number of rotatable bonds is 7. The minimum atomic E-state index is -0.101. The normalized spacial score (nSPS) is 11.9. The maximum absolute atomic E-state index is 11.6. The highest BCUT2D eigenvalue weighted by atomic mass is 16.1. The summed E-state index contributed by atoms with van der Waals surface area (Å²) in [6.45, 7) is 14.5. The molecule has 0 bridgehead atoms. The molecule has 0 aliphatic carbocycles. The Bertz CT molecular complexity index is 457. The molecule has 20 heavy (non-hydrogen) atoms. The van der Waals surface area contributed by atoms with Gasteiger partial charge >= 0.3 is 0 Å². The van der Waals surface area contributed by atoms with Gasteiger partial charge in [0.05, 0.1) is 0 Å². The molecule has 0 radical (unpaired) electrons. The van der Waals surface area contributed by atoms with E-state index in [1.165, 1.54) is 6.07 Å². The lowest BCUT2D eigenvalue weighted by Crippen LogP contribution is -2.40. The van der Waals surface area contributed by atoms with Crippen molar-refractivity contribution in [2.75, 3.05) is 18.4 Å². The Morgan fingerprint density at radius 2 is 1.80 bits per heavy atom. The Morgan fingerprint density at radius 3 is 2.30 bits per heavy atom. The van der Waals surface area contributed by atoms with Crippen molar-refractivity contribution in [1.82, 2.24) is 14.9 Å². The fourth-order valence-electron chi connectivity index (χ4n) is 2.27. The number of hydrogen-bond donors (Lipinski definition) is 2. The summed E-state index contributed by atoms with van der Waals surface area (Å²) in [7, 11) is 0. The zero-order chi connectivity index (χ0) is 15.3. The van der Waals surface area contributed by atoms with Gasteiger partial charge in [-0.2, -0.15) is 0 Å². The van der Waals surface area contributed by atoms with Crippen LogP contribution in [0.2, 0.25) is 0 Å². The van der Waals surface area contributed by atoms with Crippen molar-refractivity contribution in [1.29, 1.82) is 0 Å². The van der Waals surface area contributed by atoms with Crippen LogP contribution < -0.4 is 10.9 Å². The van der Waals surface area contributed by atoms with Gasteiger partial charge in [-0.15, -0.1) is 0 Å². The molecule has 0 aliphatic heterocycles. The standard InChI is InChI=1S/C15H28N4O/c1-10(2)15-17-13(9-14(20)18-15)16-7-8-19(11(3)4)12(5)6/h9-12H,7-8H2,1-6H3,(H2,16,17,18,20). The predicted octanol–water partition coefficient (Wildman–Crippen LogP) is 2.42. The highest BCUT2D eigenvalue weighted by Crippen LogP contribution is 2.09. The molecule has 0 fully saturated rings. The lowest BCUT2D eigenvalue weighted by molar-refractivity contribution is 0.182. The van der Waals surface area contributed by atoms with Crippen LogP contribution in [0.1, 0.15) is 53.3 Å². The third-order valence-electron chi connectivity index (χ3n) is 3.31. The summed E-state index contributed by atoms with van der Waals surface area (Å²) in [6.07, 6.45) is 0. The van der Waals surface area contributed by atoms with Gasteiger partial charge in [-0.05, 0) is 27.7 Å². The van der Waals surface area contributed by atoms with Crippen LogP contribution in [0.3, 0.4) is 0 Å². The monoisotopic (exact) mass is 280 g/mol. The SMILES string of the molecule is CC(C)c1nc(NCCN(C(C)C)C(C)C)cc(=O)[nH]1. The summed E-state index contributed by atoms with van der Waals surface area (Å²) in [5, 5.41) is 3.25. The zero-order valence-corrected chi connectivity index (χ0v) is 13.5. The van der Waals surface area contributed by atoms with Gasteiger partial charge in [0.1, 0.15) is 11.6 Å². The molecule has 114 valence electrons. The maximum Gasteiger partial charge on any atom is 0.252 e. The van der Waals surface area contributed by atoms with Crippen molar-refractivity contribution in [3.63, 3.8) is 0 Å². The van der Waals surface area contributed by atoms with E-state index in [9.17, 15) is 4.79 Å². The van der Waals surface area contributed by atoms with Crippen LogP contribution in [0.4, 0.5) is 5.82 Å². The number of nitrogens with zero attached hydrogens (tertiary/aromatic N) is 2. The second kappa shape index (κ2) is 7.43. The summed E-state index contributed by atoms with van der Waals surface area (Å²) in [6, 6.07) is 2.53. The minimum absolute atomic E-state index is 0.101. The Kier molecular flexibility index (Phi) is 6.20. The molecule has 0 saturated carbocycles. The van der Waals surface area contributed by atoms with E-state index in [1.807, 2.05) is 13.8 Å². The summed E-state index contributed by atoms with van der Waals surface area (Å²) in [5.41, 5.74) is -0.101. The van der Waals surface area contributed by atoms with Gasteiger partial charge in [-0.25, -0.2) is 4.98 Å². The van der Waals surface area contributed by atoms with E-state index in [2.05, 4.69) is 47.9 Å². The van der Waals surface area contributed by atoms with Crippen LogP contribution in [0, 0.1) is 0 Å². The molecule has 5 nitrogen and oxygen atoms in total. The molecular formula is C15H28N4O. The van der Waals surface area contributed by atoms with Gasteiger partial charge in [0.25, 0.3) is 5.56 Å². The Hall–Kier alpha value is -1.36.